The zero-order valence-corrected chi connectivity index (χ0v) is 15.7. The third-order valence-electron chi connectivity index (χ3n) is 3.14. The Balaban J connectivity index is 2.11. The first kappa shape index (κ1) is 18.9. The first-order valence-electron chi connectivity index (χ1n) is 7.11. The molecule has 1 amide bonds. The molecule has 0 aliphatic rings. The maximum atomic E-state index is 12.1. The summed E-state index contributed by atoms with van der Waals surface area (Å²) in [7, 11) is -3.67. The Kier molecular flexibility index (Phi) is 6.16. The Morgan fingerprint density at radius 3 is 2.52 bits per heavy atom. The van der Waals surface area contributed by atoms with Gasteiger partial charge in [0.1, 0.15) is 12.3 Å². The number of sulfonamides is 1. The molecular formula is C16H16BrN3O4S. The molecule has 2 aromatic carbocycles. The number of amides is 1. The smallest absolute Gasteiger partial charge is 0.260 e. The fourth-order valence-electron chi connectivity index (χ4n) is 1.97. The van der Waals surface area contributed by atoms with E-state index in [1.54, 1.807) is 42.5 Å². The topological polar surface area (TPSA) is 99.1 Å². The van der Waals surface area contributed by atoms with E-state index in [1.165, 1.54) is 12.3 Å². The van der Waals surface area contributed by atoms with Gasteiger partial charge >= 0.3 is 0 Å². The van der Waals surface area contributed by atoms with Crippen LogP contribution in [0.1, 0.15) is 5.56 Å². The largest absolute Gasteiger partial charge is 0.507 e. The van der Waals surface area contributed by atoms with Gasteiger partial charge in [-0.1, -0.05) is 24.3 Å². The Hall–Kier alpha value is -2.39. The zero-order chi connectivity index (χ0) is 18.4. The minimum absolute atomic E-state index is 0.0199. The number of nitrogens with zero attached hydrogens (tertiary/aromatic N) is 2. The summed E-state index contributed by atoms with van der Waals surface area (Å²) in [6, 6.07) is 13.2. The lowest BCUT2D eigenvalue weighted by molar-refractivity contribution is -0.119. The lowest BCUT2D eigenvalue weighted by Crippen LogP contribution is -2.39. The molecule has 132 valence electrons. The van der Waals surface area contributed by atoms with Crippen molar-refractivity contribution >= 4 is 43.8 Å². The molecular weight excluding hydrogens is 410 g/mol. The van der Waals surface area contributed by atoms with Crippen molar-refractivity contribution in [2.24, 2.45) is 5.10 Å². The molecule has 0 bridgehead atoms. The summed E-state index contributed by atoms with van der Waals surface area (Å²) in [6.07, 6.45) is 2.29. The Labute approximate surface area is 154 Å². The monoisotopic (exact) mass is 425 g/mol. The molecule has 2 rings (SSSR count). The summed E-state index contributed by atoms with van der Waals surface area (Å²) >= 11 is 3.28. The molecule has 7 nitrogen and oxygen atoms in total. The van der Waals surface area contributed by atoms with Crippen LogP contribution in [-0.4, -0.2) is 38.4 Å². The van der Waals surface area contributed by atoms with Crippen molar-refractivity contribution < 1.29 is 18.3 Å². The number of nitrogens with one attached hydrogen (secondary N) is 1. The summed E-state index contributed by atoms with van der Waals surface area (Å²) in [5.74, 6) is -0.598. The predicted octanol–water partition coefficient (Wildman–Crippen LogP) is 2.07. The van der Waals surface area contributed by atoms with Crippen LogP contribution in [-0.2, 0) is 14.8 Å². The summed E-state index contributed by atoms with van der Waals surface area (Å²) in [6.45, 7) is -0.431. The number of halogens is 1. The Morgan fingerprint density at radius 1 is 1.24 bits per heavy atom. The van der Waals surface area contributed by atoms with E-state index in [-0.39, 0.29) is 5.75 Å². The van der Waals surface area contributed by atoms with E-state index in [2.05, 4.69) is 26.5 Å². The second-order valence-electron chi connectivity index (χ2n) is 5.07. The first-order chi connectivity index (χ1) is 11.8. The quantitative estimate of drug-likeness (QED) is 0.546. The average molecular weight is 426 g/mol. The van der Waals surface area contributed by atoms with E-state index < -0.39 is 22.5 Å². The van der Waals surface area contributed by atoms with E-state index in [1.807, 2.05) is 0 Å². The van der Waals surface area contributed by atoms with Gasteiger partial charge in [-0.15, -0.1) is 0 Å². The van der Waals surface area contributed by atoms with Crippen LogP contribution < -0.4 is 9.73 Å². The zero-order valence-electron chi connectivity index (χ0n) is 13.3. The first-order valence-corrected chi connectivity index (χ1v) is 9.75. The Morgan fingerprint density at radius 2 is 1.88 bits per heavy atom. The van der Waals surface area contributed by atoms with E-state index in [0.29, 0.717) is 15.7 Å². The summed E-state index contributed by atoms with van der Waals surface area (Å²) in [4.78, 5) is 12.1. The molecule has 0 heterocycles. The molecule has 0 unspecified atom stereocenters. The second-order valence-corrected chi connectivity index (χ2v) is 7.83. The van der Waals surface area contributed by atoms with Crippen molar-refractivity contribution in [1.29, 1.82) is 0 Å². The summed E-state index contributed by atoms with van der Waals surface area (Å²) in [5, 5.41) is 13.3. The van der Waals surface area contributed by atoms with Gasteiger partial charge in [0, 0.05) is 10.0 Å². The number of benzene rings is 2. The number of hydrazone groups is 1. The average Bonchev–Trinajstić information content (AvgIpc) is 2.54. The van der Waals surface area contributed by atoms with Crippen molar-refractivity contribution in [1.82, 2.24) is 5.43 Å². The number of carbonyl (C=O) groups is 1. The molecule has 0 aromatic heterocycles. The van der Waals surface area contributed by atoms with Crippen LogP contribution in [0.3, 0.4) is 0 Å². The minimum Gasteiger partial charge on any atom is -0.507 e. The molecule has 0 aliphatic heterocycles. The highest BCUT2D eigenvalue weighted by atomic mass is 79.9. The van der Waals surface area contributed by atoms with Crippen LogP contribution in [0.2, 0.25) is 0 Å². The highest BCUT2D eigenvalue weighted by molar-refractivity contribution is 9.10. The van der Waals surface area contributed by atoms with Gasteiger partial charge in [0.05, 0.1) is 18.2 Å². The standard InChI is InChI=1S/C16H16BrN3O4S/c1-25(23,24)20(14-8-4-3-7-13(14)17)11-16(22)19-18-10-12-6-2-5-9-15(12)21/h2-10,21H,11H2,1H3,(H,19,22)/b18-10+. The maximum absolute atomic E-state index is 12.1. The van der Waals surface area contributed by atoms with Gasteiger partial charge in [0.2, 0.25) is 10.0 Å². The highest BCUT2D eigenvalue weighted by Gasteiger charge is 2.22. The lowest BCUT2D eigenvalue weighted by atomic mass is 10.2. The van der Waals surface area contributed by atoms with Crippen molar-refractivity contribution in [3.8, 4) is 5.75 Å². The van der Waals surface area contributed by atoms with Crippen LogP contribution in [0, 0.1) is 0 Å². The van der Waals surface area contributed by atoms with E-state index in [0.717, 1.165) is 10.6 Å². The number of phenolic OH excluding ortho intramolecular Hbond substituents is 1. The van der Waals surface area contributed by atoms with Gasteiger partial charge in [-0.05, 0) is 40.2 Å². The van der Waals surface area contributed by atoms with Crippen LogP contribution in [0.25, 0.3) is 0 Å². The van der Waals surface area contributed by atoms with Gasteiger partial charge in [-0.25, -0.2) is 13.8 Å². The van der Waals surface area contributed by atoms with Crippen LogP contribution in [0.5, 0.6) is 5.75 Å². The van der Waals surface area contributed by atoms with Gasteiger partial charge < -0.3 is 5.11 Å². The molecule has 9 heteroatoms. The number of anilines is 1. The molecule has 2 N–H and O–H groups in total. The number of carbonyl (C=O) groups excluding carboxylic acids is 1. The predicted molar refractivity (Wildman–Crippen MR) is 100 cm³/mol. The van der Waals surface area contributed by atoms with Crippen LogP contribution in [0.4, 0.5) is 5.69 Å². The summed E-state index contributed by atoms with van der Waals surface area (Å²) < 4.78 is 25.5. The number of phenols is 1. The Bertz CT molecular complexity index is 900. The number of para-hydroxylation sites is 2. The lowest BCUT2D eigenvalue weighted by Gasteiger charge is -2.22. The van der Waals surface area contributed by atoms with Gasteiger partial charge in [-0.2, -0.15) is 5.10 Å². The number of rotatable bonds is 6. The van der Waals surface area contributed by atoms with Crippen molar-refractivity contribution in [2.45, 2.75) is 0 Å². The molecule has 0 spiro atoms. The van der Waals surface area contributed by atoms with Crippen molar-refractivity contribution in [3.63, 3.8) is 0 Å². The van der Waals surface area contributed by atoms with Gasteiger partial charge in [0.15, 0.2) is 0 Å². The fraction of sp³-hybridized carbons (Fsp3) is 0.125. The third-order valence-corrected chi connectivity index (χ3v) is 4.94. The van der Waals surface area contributed by atoms with Crippen molar-refractivity contribution in [3.05, 3.63) is 58.6 Å². The molecule has 0 aliphatic carbocycles. The third kappa shape index (κ3) is 5.30. The summed E-state index contributed by atoms with van der Waals surface area (Å²) in [5.41, 5.74) is 3.02. The second kappa shape index (κ2) is 8.13. The molecule has 0 saturated heterocycles. The molecule has 2 aromatic rings. The normalized spacial score (nSPS) is 11.4. The van der Waals surface area contributed by atoms with Crippen LogP contribution >= 0.6 is 15.9 Å². The number of aromatic hydroxyl groups is 1. The van der Waals surface area contributed by atoms with Crippen molar-refractivity contribution in [2.75, 3.05) is 17.1 Å². The van der Waals surface area contributed by atoms with Gasteiger partial charge in [-0.3, -0.25) is 9.10 Å². The van der Waals surface area contributed by atoms with Gasteiger partial charge in [0.25, 0.3) is 5.91 Å². The van der Waals surface area contributed by atoms with Crippen LogP contribution in [0.15, 0.2) is 58.1 Å². The fourth-order valence-corrected chi connectivity index (χ4v) is 3.46. The molecule has 0 fully saturated rings. The minimum atomic E-state index is -3.67. The number of hydrogen-bond acceptors (Lipinski definition) is 5. The molecule has 0 atom stereocenters. The maximum Gasteiger partial charge on any atom is 0.260 e. The molecule has 25 heavy (non-hydrogen) atoms. The SMILES string of the molecule is CS(=O)(=O)N(CC(=O)N/N=C/c1ccccc1O)c1ccccc1Br. The van der Waals surface area contributed by atoms with E-state index >= 15 is 0 Å². The molecule has 0 saturated carbocycles. The molecule has 0 radical (unpaired) electrons. The highest BCUT2D eigenvalue weighted by Crippen LogP contribution is 2.27. The van der Waals surface area contributed by atoms with E-state index in [9.17, 15) is 18.3 Å². The van der Waals surface area contributed by atoms with E-state index in [4.69, 9.17) is 0 Å². The number of hydrogen-bond donors (Lipinski definition) is 2.